The molecule has 1 unspecified atom stereocenters. The number of hydrogen-bond donors (Lipinski definition) is 0. The van der Waals surface area contributed by atoms with Crippen molar-refractivity contribution in [2.45, 2.75) is 12.8 Å². The number of esters is 1. The van der Waals surface area contributed by atoms with Crippen LogP contribution in [0.3, 0.4) is 0 Å². The Kier molecular flexibility index (Phi) is 6.67. The fraction of sp³-hybridized carbons (Fsp3) is 0.833. The van der Waals surface area contributed by atoms with Gasteiger partial charge in [-0.1, -0.05) is 0 Å². The van der Waals surface area contributed by atoms with Crippen molar-refractivity contribution < 1.29 is 23.8 Å². The second kappa shape index (κ2) is 8.05. The SMILES string of the molecule is COCCN(CCC(=O)OC)C(=O)C1CCOC1. The Bertz CT molecular complexity index is 276. The molecule has 104 valence electrons. The minimum atomic E-state index is -0.312. The number of carbonyl (C=O) groups excluding carboxylic acids is 2. The number of methoxy groups -OCH3 is 2. The van der Waals surface area contributed by atoms with Crippen LogP contribution in [-0.2, 0) is 23.8 Å². The highest BCUT2D eigenvalue weighted by Crippen LogP contribution is 2.15. The first-order chi connectivity index (χ1) is 8.69. The van der Waals surface area contributed by atoms with E-state index in [1.807, 2.05) is 0 Å². The van der Waals surface area contributed by atoms with Crippen molar-refractivity contribution in [3.63, 3.8) is 0 Å². The number of ether oxygens (including phenoxy) is 3. The van der Waals surface area contributed by atoms with Crippen LogP contribution in [0.4, 0.5) is 0 Å². The molecular formula is C12H21NO5. The van der Waals surface area contributed by atoms with Gasteiger partial charge in [-0.15, -0.1) is 0 Å². The third-order valence-electron chi connectivity index (χ3n) is 2.97. The van der Waals surface area contributed by atoms with Crippen LogP contribution in [0, 0.1) is 5.92 Å². The monoisotopic (exact) mass is 259 g/mol. The quantitative estimate of drug-likeness (QED) is 0.605. The van der Waals surface area contributed by atoms with Crippen LogP contribution in [0.2, 0.25) is 0 Å². The molecule has 1 aliphatic rings. The molecule has 1 heterocycles. The molecule has 1 atom stereocenters. The molecule has 0 spiro atoms. The van der Waals surface area contributed by atoms with Gasteiger partial charge < -0.3 is 19.1 Å². The van der Waals surface area contributed by atoms with Gasteiger partial charge in [0.1, 0.15) is 0 Å². The molecule has 1 aliphatic heterocycles. The highest BCUT2D eigenvalue weighted by Gasteiger charge is 2.28. The summed E-state index contributed by atoms with van der Waals surface area (Å²) in [5.74, 6) is -0.360. The molecule has 0 aromatic carbocycles. The van der Waals surface area contributed by atoms with E-state index in [0.717, 1.165) is 6.42 Å². The van der Waals surface area contributed by atoms with E-state index in [4.69, 9.17) is 9.47 Å². The van der Waals surface area contributed by atoms with E-state index >= 15 is 0 Å². The predicted octanol–water partition coefficient (Wildman–Crippen LogP) is 0.0610. The molecule has 1 amide bonds. The molecule has 0 aromatic rings. The lowest BCUT2D eigenvalue weighted by molar-refractivity contribution is -0.142. The highest BCUT2D eigenvalue weighted by atomic mass is 16.5. The summed E-state index contributed by atoms with van der Waals surface area (Å²) in [5, 5.41) is 0. The molecule has 1 fully saturated rings. The molecule has 6 nitrogen and oxygen atoms in total. The van der Waals surface area contributed by atoms with Crippen molar-refractivity contribution >= 4 is 11.9 Å². The standard InChI is InChI=1S/C12H21NO5/c1-16-8-6-13(5-3-11(14)17-2)12(15)10-4-7-18-9-10/h10H,3-9H2,1-2H3. The Morgan fingerprint density at radius 1 is 1.33 bits per heavy atom. The van der Waals surface area contributed by atoms with Gasteiger partial charge in [0.25, 0.3) is 0 Å². The minimum Gasteiger partial charge on any atom is -0.469 e. The number of rotatable bonds is 7. The van der Waals surface area contributed by atoms with Crippen LogP contribution in [0.5, 0.6) is 0 Å². The predicted molar refractivity (Wildman–Crippen MR) is 64.0 cm³/mol. The average Bonchev–Trinajstić information content (AvgIpc) is 2.91. The zero-order chi connectivity index (χ0) is 13.4. The second-order valence-electron chi connectivity index (χ2n) is 4.20. The summed E-state index contributed by atoms with van der Waals surface area (Å²) >= 11 is 0. The maximum absolute atomic E-state index is 12.2. The molecular weight excluding hydrogens is 238 g/mol. The molecule has 0 N–H and O–H groups in total. The van der Waals surface area contributed by atoms with E-state index in [1.54, 1.807) is 12.0 Å². The van der Waals surface area contributed by atoms with E-state index in [2.05, 4.69) is 4.74 Å². The Hall–Kier alpha value is -1.14. The Labute approximate surface area is 107 Å². The van der Waals surface area contributed by atoms with E-state index in [0.29, 0.717) is 32.9 Å². The molecule has 0 aliphatic carbocycles. The van der Waals surface area contributed by atoms with Gasteiger partial charge in [0.2, 0.25) is 5.91 Å². The summed E-state index contributed by atoms with van der Waals surface area (Å²) in [6, 6.07) is 0. The van der Waals surface area contributed by atoms with Crippen molar-refractivity contribution in [2.24, 2.45) is 5.92 Å². The Balaban J connectivity index is 2.47. The Morgan fingerprint density at radius 3 is 2.67 bits per heavy atom. The third kappa shape index (κ3) is 4.62. The lowest BCUT2D eigenvalue weighted by Crippen LogP contribution is -2.40. The number of amides is 1. The first-order valence-electron chi connectivity index (χ1n) is 6.11. The largest absolute Gasteiger partial charge is 0.469 e. The fourth-order valence-electron chi connectivity index (χ4n) is 1.85. The normalized spacial score (nSPS) is 18.7. The molecule has 18 heavy (non-hydrogen) atoms. The smallest absolute Gasteiger partial charge is 0.307 e. The van der Waals surface area contributed by atoms with Gasteiger partial charge in [-0.25, -0.2) is 0 Å². The lowest BCUT2D eigenvalue weighted by Gasteiger charge is -2.24. The van der Waals surface area contributed by atoms with Crippen LogP contribution in [0.15, 0.2) is 0 Å². The topological polar surface area (TPSA) is 65.1 Å². The molecule has 6 heteroatoms. The van der Waals surface area contributed by atoms with Crippen LogP contribution in [0.1, 0.15) is 12.8 Å². The maximum Gasteiger partial charge on any atom is 0.307 e. The molecule has 0 saturated carbocycles. The highest BCUT2D eigenvalue weighted by molar-refractivity contribution is 5.80. The van der Waals surface area contributed by atoms with Gasteiger partial charge in [-0.2, -0.15) is 0 Å². The second-order valence-corrected chi connectivity index (χ2v) is 4.20. The number of hydrogen-bond acceptors (Lipinski definition) is 5. The Morgan fingerprint density at radius 2 is 2.11 bits per heavy atom. The zero-order valence-electron chi connectivity index (χ0n) is 11.0. The van der Waals surface area contributed by atoms with Gasteiger partial charge in [0, 0.05) is 26.8 Å². The van der Waals surface area contributed by atoms with Crippen molar-refractivity contribution in [3.05, 3.63) is 0 Å². The first-order valence-corrected chi connectivity index (χ1v) is 6.11. The summed E-state index contributed by atoms with van der Waals surface area (Å²) < 4.78 is 14.8. The fourth-order valence-corrected chi connectivity index (χ4v) is 1.85. The van der Waals surface area contributed by atoms with Crippen molar-refractivity contribution in [1.82, 2.24) is 4.90 Å². The summed E-state index contributed by atoms with van der Waals surface area (Å²) in [6.07, 6.45) is 0.958. The van der Waals surface area contributed by atoms with Gasteiger partial charge in [0.05, 0.1) is 32.7 Å². The van der Waals surface area contributed by atoms with Crippen molar-refractivity contribution in [2.75, 3.05) is 47.1 Å². The summed E-state index contributed by atoms with van der Waals surface area (Å²) in [4.78, 5) is 25.0. The van der Waals surface area contributed by atoms with Crippen LogP contribution < -0.4 is 0 Å². The van der Waals surface area contributed by atoms with Crippen LogP contribution in [0.25, 0.3) is 0 Å². The average molecular weight is 259 g/mol. The molecule has 0 aromatic heterocycles. The summed E-state index contributed by atoms with van der Waals surface area (Å²) in [7, 11) is 2.93. The lowest BCUT2D eigenvalue weighted by atomic mass is 10.1. The molecule has 0 bridgehead atoms. The van der Waals surface area contributed by atoms with Crippen molar-refractivity contribution in [3.8, 4) is 0 Å². The summed E-state index contributed by atoms with van der Waals surface area (Å²) in [5.41, 5.74) is 0. The molecule has 1 saturated heterocycles. The van der Waals surface area contributed by atoms with E-state index in [1.165, 1.54) is 7.11 Å². The maximum atomic E-state index is 12.2. The van der Waals surface area contributed by atoms with Gasteiger partial charge in [0.15, 0.2) is 0 Å². The van der Waals surface area contributed by atoms with Crippen molar-refractivity contribution in [1.29, 1.82) is 0 Å². The first kappa shape index (κ1) is 14.9. The van der Waals surface area contributed by atoms with E-state index in [-0.39, 0.29) is 24.2 Å². The molecule has 0 radical (unpaired) electrons. The third-order valence-corrected chi connectivity index (χ3v) is 2.97. The molecule has 1 rings (SSSR count). The van der Waals surface area contributed by atoms with Gasteiger partial charge in [-0.3, -0.25) is 9.59 Å². The summed E-state index contributed by atoms with van der Waals surface area (Å²) in [6.45, 7) is 2.42. The number of carbonyl (C=O) groups is 2. The van der Waals surface area contributed by atoms with E-state index < -0.39 is 0 Å². The zero-order valence-corrected chi connectivity index (χ0v) is 11.0. The van der Waals surface area contributed by atoms with Gasteiger partial charge in [-0.05, 0) is 6.42 Å². The van der Waals surface area contributed by atoms with E-state index in [9.17, 15) is 9.59 Å². The van der Waals surface area contributed by atoms with Crippen LogP contribution in [-0.4, -0.2) is 63.9 Å². The number of nitrogens with zero attached hydrogens (tertiary/aromatic N) is 1. The van der Waals surface area contributed by atoms with Crippen LogP contribution >= 0.6 is 0 Å². The minimum absolute atomic E-state index is 0.0356. The van der Waals surface area contributed by atoms with Gasteiger partial charge >= 0.3 is 5.97 Å².